The van der Waals surface area contributed by atoms with Gasteiger partial charge in [-0.2, -0.15) is 0 Å². The first kappa shape index (κ1) is 10.5. The van der Waals surface area contributed by atoms with Crippen molar-refractivity contribution in [3.05, 3.63) is 24.3 Å². The molecule has 0 aliphatic heterocycles. The van der Waals surface area contributed by atoms with Gasteiger partial charge in [0.25, 0.3) is 0 Å². The molecular weight excluding hydrogens is 186 g/mol. The lowest BCUT2D eigenvalue weighted by atomic mass is 9.94. The number of rotatable bonds is 2. The van der Waals surface area contributed by atoms with Crippen LogP contribution in [0, 0.1) is 5.92 Å². The molecule has 0 saturated heterocycles. The average molecular weight is 205 g/mol. The van der Waals surface area contributed by atoms with Crippen LogP contribution in [0.15, 0.2) is 24.3 Å². The lowest BCUT2D eigenvalue weighted by Gasteiger charge is -2.23. The summed E-state index contributed by atoms with van der Waals surface area (Å²) in [6.45, 7) is 0. The summed E-state index contributed by atoms with van der Waals surface area (Å²) in [4.78, 5) is 11.9. The van der Waals surface area contributed by atoms with Crippen molar-refractivity contribution in [2.75, 3.05) is 0 Å². The summed E-state index contributed by atoms with van der Waals surface area (Å²) >= 11 is 0. The van der Waals surface area contributed by atoms with E-state index in [1.165, 1.54) is 0 Å². The van der Waals surface area contributed by atoms with Crippen molar-refractivity contribution >= 4 is 5.91 Å². The average Bonchev–Trinajstić information content (AvgIpc) is 2.31. The second-order valence-corrected chi connectivity index (χ2v) is 4.46. The Kier molecular flexibility index (Phi) is 3.59. The first-order valence-electron chi connectivity index (χ1n) is 5.98. The van der Waals surface area contributed by atoms with Crippen LogP contribution in [0.25, 0.3) is 0 Å². The van der Waals surface area contributed by atoms with Gasteiger partial charge in [-0.05, 0) is 38.5 Å². The maximum atomic E-state index is 11.9. The van der Waals surface area contributed by atoms with E-state index in [1.54, 1.807) is 0 Å². The highest BCUT2D eigenvalue weighted by molar-refractivity contribution is 5.80. The number of carbonyl (C=O) groups is 1. The van der Waals surface area contributed by atoms with Gasteiger partial charge in [0, 0.05) is 6.04 Å². The van der Waals surface area contributed by atoms with Crippen molar-refractivity contribution in [3.63, 3.8) is 0 Å². The third-order valence-corrected chi connectivity index (χ3v) is 3.21. The van der Waals surface area contributed by atoms with Crippen LogP contribution >= 0.6 is 0 Å². The van der Waals surface area contributed by atoms with Gasteiger partial charge in [-0.15, -0.1) is 0 Å². The molecule has 0 fully saturated rings. The minimum atomic E-state index is 0.129. The molecule has 2 aliphatic carbocycles. The maximum absolute atomic E-state index is 11.9. The van der Waals surface area contributed by atoms with Gasteiger partial charge < -0.3 is 5.32 Å². The molecule has 0 saturated carbocycles. The highest BCUT2D eigenvalue weighted by Crippen LogP contribution is 2.18. The molecule has 2 atom stereocenters. The Labute approximate surface area is 91.4 Å². The molecule has 2 nitrogen and oxygen atoms in total. The molecule has 1 amide bonds. The van der Waals surface area contributed by atoms with Crippen LogP contribution in [0.2, 0.25) is 0 Å². The molecule has 0 aromatic carbocycles. The minimum absolute atomic E-state index is 0.129. The van der Waals surface area contributed by atoms with Crippen LogP contribution in [0.1, 0.15) is 38.5 Å². The van der Waals surface area contributed by atoms with Gasteiger partial charge in [0.1, 0.15) is 0 Å². The zero-order valence-corrected chi connectivity index (χ0v) is 9.11. The van der Waals surface area contributed by atoms with E-state index >= 15 is 0 Å². The summed E-state index contributed by atoms with van der Waals surface area (Å²) < 4.78 is 0. The molecule has 0 aromatic rings. The topological polar surface area (TPSA) is 29.1 Å². The number of hydrogen-bond donors (Lipinski definition) is 1. The second kappa shape index (κ2) is 5.15. The Bertz CT molecular complexity index is 280. The molecule has 0 heterocycles. The van der Waals surface area contributed by atoms with Crippen LogP contribution in [0.4, 0.5) is 0 Å². The van der Waals surface area contributed by atoms with Crippen molar-refractivity contribution in [2.24, 2.45) is 5.92 Å². The third-order valence-electron chi connectivity index (χ3n) is 3.21. The summed E-state index contributed by atoms with van der Waals surface area (Å²) in [5, 5.41) is 3.15. The number of nitrogens with one attached hydrogen (secondary N) is 1. The molecule has 2 unspecified atom stereocenters. The number of hydrogen-bond acceptors (Lipinski definition) is 1. The number of allylic oxidation sites excluding steroid dienone is 2. The molecular formula is C13H19NO. The standard InChI is InChI=1S/C13H19NO/c15-13(11-7-3-1-4-8-11)14-12-9-5-2-6-10-12/h2-3,5,7,11-12H,1,4,6,8-10H2,(H,14,15). The predicted molar refractivity (Wildman–Crippen MR) is 61.4 cm³/mol. The Morgan fingerprint density at radius 1 is 1.13 bits per heavy atom. The molecule has 2 heteroatoms. The fourth-order valence-electron chi connectivity index (χ4n) is 2.26. The molecule has 0 aromatic heterocycles. The van der Waals surface area contributed by atoms with E-state index in [0.29, 0.717) is 6.04 Å². The van der Waals surface area contributed by atoms with Crippen molar-refractivity contribution in [1.29, 1.82) is 0 Å². The highest BCUT2D eigenvalue weighted by atomic mass is 16.1. The Morgan fingerprint density at radius 2 is 2.07 bits per heavy atom. The maximum Gasteiger partial charge on any atom is 0.227 e. The van der Waals surface area contributed by atoms with Crippen LogP contribution in [0.5, 0.6) is 0 Å². The smallest absolute Gasteiger partial charge is 0.227 e. The van der Waals surface area contributed by atoms with E-state index in [4.69, 9.17) is 0 Å². The number of carbonyl (C=O) groups excluding carboxylic acids is 1. The van der Waals surface area contributed by atoms with Crippen LogP contribution < -0.4 is 5.32 Å². The fourth-order valence-corrected chi connectivity index (χ4v) is 2.26. The quantitative estimate of drug-likeness (QED) is 0.690. The van der Waals surface area contributed by atoms with E-state index in [1.807, 2.05) is 0 Å². The Hall–Kier alpha value is -1.05. The minimum Gasteiger partial charge on any atom is -0.353 e. The van der Waals surface area contributed by atoms with Gasteiger partial charge >= 0.3 is 0 Å². The normalized spacial score (nSPS) is 30.1. The molecule has 82 valence electrons. The molecule has 2 aliphatic rings. The van der Waals surface area contributed by atoms with Crippen molar-refractivity contribution in [1.82, 2.24) is 5.32 Å². The van der Waals surface area contributed by atoms with Crippen molar-refractivity contribution < 1.29 is 4.79 Å². The van der Waals surface area contributed by atoms with Crippen molar-refractivity contribution in [3.8, 4) is 0 Å². The number of amides is 1. The van der Waals surface area contributed by atoms with Crippen LogP contribution in [0.3, 0.4) is 0 Å². The molecule has 0 bridgehead atoms. The molecule has 2 rings (SSSR count). The lowest BCUT2D eigenvalue weighted by Crippen LogP contribution is -2.39. The largest absolute Gasteiger partial charge is 0.353 e. The highest BCUT2D eigenvalue weighted by Gasteiger charge is 2.20. The third kappa shape index (κ3) is 2.95. The van der Waals surface area contributed by atoms with E-state index in [2.05, 4.69) is 29.6 Å². The van der Waals surface area contributed by atoms with E-state index < -0.39 is 0 Å². The summed E-state index contributed by atoms with van der Waals surface area (Å²) in [5.41, 5.74) is 0. The molecule has 0 radical (unpaired) electrons. The summed E-state index contributed by atoms with van der Waals surface area (Å²) in [6, 6.07) is 0.373. The summed E-state index contributed by atoms with van der Waals surface area (Å²) in [5.74, 6) is 0.357. The van der Waals surface area contributed by atoms with Gasteiger partial charge in [0.05, 0.1) is 5.92 Å². The van der Waals surface area contributed by atoms with E-state index in [9.17, 15) is 4.79 Å². The van der Waals surface area contributed by atoms with Gasteiger partial charge in [-0.25, -0.2) is 0 Å². The second-order valence-electron chi connectivity index (χ2n) is 4.46. The van der Waals surface area contributed by atoms with Crippen LogP contribution in [-0.2, 0) is 4.79 Å². The van der Waals surface area contributed by atoms with E-state index in [-0.39, 0.29) is 11.8 Å². The zero-order chi connectivity index (χ0) is 10.5. The van der Waals surface area contributed by atoms with Gasteiger partial charge in [0.15, 0.2) is 0 Å². The molecule has 15 heavy (non-hydrogen) atoms. The summed E-state index contributed by atoms with van der Waals surface area (Å²) in [7, 11) is 0. The zero-order valence-electron chi connectivity index (χ0n) is 9.11. The lowest BCUT2D eigenvalue weighted by molar-refractivity contribution is -0.124. The predicted octanol–water partition coefficient (Wildman–Crippen LogP) is 2.57. The SMILES string of the molecule is O=C(NC1CC=CCC1)C1C=CCCC1. The first-order chi connectivity index (χ1) is 7.36. The van der Waals surface area contributed by atoms with Gasteiger partial charge in [-0.3, -0.25) is 4.79 Å². The summed E-state index contributed by atoms with van der Waals surface area (Å²) in [6.07, 6.45) is 15.1. The van der Waals surface area contributed by atoms with Gasteiger partial charge in [0.2, 0.25) is 5.91 Å². The monoisotopic (exact) mass is 205 g/mol. The van der Waals surface area contributed by atoms with Crippen LogP contribution in [-0.4, -0.2) is 11.9 Å². The molecule has 0 spiro atoms. The fraction of sp³-hybridized carbons (Fsp3) is 0.615. The molecule has 1 N–H and O–H groups in total. The van der Waals surface area contributed by atoms with Gasteiger partial charge in [-0.1, -0.05) is 24.3 Å². The Balaban J connectivity index is 1.83. The first-order valence-corrected chi connectivity index (χ1v) is 5.98. The van der Waals surface area contributed by atoms with E-state index in [0.717, 1.165) is 38.5 Å². The Morgan fingerprint density at radius 3 is 2.73 bits per heavy atom. The van der Waals surface area contributed by atoms with Crippen molar-refractivity contribution in [2.45, 2.75) is 44.6 Å².